The zero-order valence-electron chi connectivity index (χ0n) is 15.8. The molecule has 1 saturated heterocycles. The second kappa shape index (κ2) is 9.34. The number of carbonyl (C=O) groups excluding carboxylic acids is 1. The van der Waals surface area contributed by atoms with Gasteiger partial charge in [0.05, 0.1) is 17.6 Å². The van der Waals surface area contributed by atoms with Crippen molar-refractivity contribution in [1.82, 2.24) is 14.5 Å². The van der Waals surface area contributed by atoms with Gasteiger partial charge in [-0.25, -0.2) is 13.1 Å². The van der Waals surface area contributed by atoms with E-state index in [2.05, 4.69) is 4.72 Å². The van der Waals surface area contributed by atoms with Crippen LogP contribution in [0.4, 0.5) is 0 Å². The Balaban J connectivity index is 2.25. The fourth-order valence-electron chi connectivity index (χ4n) is 2.95. The minimum absolute atomic E-state index is 0.0789. The van der Waals surface area contributed by atoms with E-state index in [0.29, 0.717) is 37.5 Å². The lowest BCUT2D eigenvalue weighted by Gasteiger charge is -2.22. The Kier molecular flexibility index (Phi) is 7.43. The van der Waals surface area contributed by atoms with E-state index in [4.69, 9.17) is 4.74 Å². The van der Waals surface area contributed by atoms with Crippen LogP contribution in [0.15, 0.2) is 23.1 Å². The van der Waals surface area contributed by atoms with Crippen LogP contribution in [-0.2, 0) is 10.0 Å². The maximum Gasteiger partial charge on any atom is 0.257 e. The van der Waals surface area contributed by atoms with E-state index in [1.54, 1.807) is 11.0 Å². The van der Waals surface area contributed by atoms with Crippen LogP contribution in [0.5, 0.6) is 5.75 Å². The minimum Gasteiger partial charge on any atom is -0.496 e. The summed E-state index contributed by atoms with van der Waals surface area (Å²) in [6.07, 6.45) is 4.17. The fourth-order valence-corrected chi connectivity index (χ4v) is 4.00. The van der Waals surface area contributed by atoms with Crippen LogP contribution in [0, 0.1) is 0 Å². The van der Waals surface area contributed by atoms with Gasteiger partial charge in [0.2, 0.25) is 10.0 Å². The van der Waals surface area contributed by atoms with Gasteiger partial charge >= 0.3 is 0 Å². The molecule has 1 amide bonds. The number of likely N-dealkylation sites (N-methyl/N-ethyl adjacent to an activating group) is 1. The number of sulfonamides is 1. The first-order valence-corrected chi connectivity index (χ1v) is 10.4. The van der Waals surface area contributed by atoms with Crippen LogP contribution in [0.25, 0.3) is 0 Å². The average molecular weight is 384 g/mol. The molecule has 1 aliphatic rings. The number of hydrogen-bond donors (Lipinski definition) is 1. The largest absolute Gasteiger partial charge is 0.496 e. The van der Waals surface area contributed by atoms with Gasteiger partial charge in [0.25, 0.3) is 5.91 Å². The highest BCUT2D eigenvalue weighted by Crippen LogP contribution is 2.25. The molecule has 0 aliphatic carbocycles. The summed E-state index contributed by atoms with van der Waals surface area (Å²) in [6.45, 7) is 2.28. The minimum atomic E-state index is -3.68. The van der Waals surface area contributed by atoms with E-state index in [0.717, 1.165) is 25.7 Å². The first-order valence-electron chi connectivity index (χ1n) is 8.97. The van der Waals surface area contributed by atoms with Gasteiger partial charge in [-0.15, -0.1) is 0 Å². The third-order valence-electron chi connectivity index (χ3n) is 4.46. The number of carbonyl (C=O) groups is 1. The standard InChI is InChI=1S/C18H29N3O4S/c1-20(2)13-10-19-26(23,24)15-8-9-17(25-3)16(14-15)18(22)21-11-6-4-5-7-12-21/h8-9,14,19H,4-7,10-13H2,1-3H3. The highest BCUT2D eigenvalue weighted by molar-refractivity contribution is 7.89. The zero-order valence-corrected chi connectivity index (χ0v) is 16.6. The monoisotopic (exact) mass is 383 g/mol. The molecule has 7 nitrogen and oxygen atoms in total. The molecule has 1 N–H and O–H groups in total. The molecule has 1 aromatic rings. The van der Waals surface area contributed by atoms with Crippen molar-refractivity contribution in [3.63, 3.8) is 0 Å². The Bertz CT molecular complexity index is 711. The number of ether oxygens (including phenoxy) is 1. The smallest absolute Gasteiger partial charge is 0.257 e. The van der Waals surface area contributed by atoms with Crippen LogP contribution >= 0.6 is 0 Å². The van der Waals surface area contributed by atoms with E-state index in [-0.39, 0.29) is 10.8 Å². The van der Waals surface area contributed by atoms with E-state index in [1.807, 2.05) is 19.0 Å². The SMILES string of the molecule is COc1ccc(S(=O)(=O)NCCN(C)C)cc1C(=O)N1CCCCCC1. The third kappa shape index (κ3) is 5.43. The summed E-state index contributed by atoms with van der Waals surface area (Å²) in [4.78, 5) is 16.7. The first-order chi connectivity index (χ1) is 12.3. The molecule has 1 aliphatic heterocycles. The topological polar surface area (TPSA) is 79.0 Å². The van der Waals surface area contributed by atoms with Crippen molar-refractivity contribution in [3.05, 3.63) is 23.8 Å². The van der Waals surface area contributed by atoms with Crippen molar-refractivity contribution < 1.29 is 17.9 Å². The molecule has 2 rings (SSSR count). The van der Waals surface area contributed by atoms with E-state index >= 15 is 0 Å². The van der Waals surface area contributed by atoms with E-state index in [1.165, 1.54) is 19.2 Å². The third-order valence-corrected chi connectivity index (χ3v) is 5.91. The fraction of sp³-hybridized carbons (Fsp3) is 0.611. The lowest BCUT2D eigenvalue weighted by molar-refractivity contribution is 0.0758. The first kappa shape index (κ1) is 20.7. The molecule has 8 heteroatoms. The molecule has 26 heavy (non-hydrogen) atoms. The van der Waals surface area contributed by atoms with Gasteiger partial charge < -0.3 is 14.5 Å². The average Bonchev–Trinajstić information content (AvgIpc) is 2.89. The van der Waals surface area contributed by atoms with Gasteiger partial charge in [-0.3, -0.25) is 4.79 Å². The molecule has 1 heterocycles. The molecule has 0 unspecified atom stereocenters. The molecule has 0 aromatic heterocycles. The summed E-state index contributed by atoms with van der Waals surface area (Å²) in [6, 6.07) is 4.44. The molecular formula is C18H29N3O4S. The number of hydrogen-bond acceptors (Lipinski definition) is 5. The Morgan fingerprint density at radius 3 is 2.42 bits per heavy atom. The highest BCUT2D eigenvalue weighted by atomic mass is 32.2. The van der Waals surface area contributed by atoms with E-state index in [9.17, 15) is 13.2 Å². The molecule has 1 aromatic carbocycles. The molecule has 1 fully saturated rings. The molecule has 0 radical (unpaired) electrons. The number of amides is 1. The quantitative estimate of drug-likeness (QED) is 0.773. The molecular weight excluding hydrogens is 354 g/mol. The zero-order chi connectivity index (χ0) is 19.2. The van der Waals surface area contributed by atoms with Gasteiger partial charge in [0, 0.05) is 26.2 Å². The molecule has 0 saturated carbocycles. The maximum absolute atomic E-state index is 12.9. The summed E-state index contributed by atoms with van der Waals surface area (Å²) in [5.41, 5.74) is 0.296. The number of likely N-dealkylation sites (tertiary alicyclic amines) is 1. The predicted molar refractivity (Wildman–Crippen MR) is 101 cm³/mol. The lowest BCUT2D eigenvalue weighted by atomic mass is 10.1. The van der Waals surface area contributed by atoms with Gasteiger partial charge in [-0.2, -0.15) is 0 Å². The number of nitrogens with one attached hydrogen (secondary N) is 1. The summed E-state index contributed by atoms with van der Waals surface area (Å²) < 4.78 is 32.9. The maximum atomic E-state index is 12.9. The molecule has 0 spiro atoms. The van der Waals surface area contributed by atoms with Crippen molar-refractivity contribution in [1.29, 1.82) is 0 Å². The number of nitrogens with zero attached hydrogens (tertiary/aromatic N) is 2. The van der Waals surface area contributed by atoms with Crippen molar-refractivity contribution in [2.45, 2.75) is 30.6 Å². The normalized spacial score (nSPS) is 15.8. The summed E-state index contributed by atoms with van der Waals surface area (Å²) >= 11 is 0. The molecule has 146 valence electrons. The predicted octanol–water partition coefficient (Wildman–Crippen LogP) is 1.55. The number of methoxy groups -OCH3 is 1. The van der Waals surface area contributed by atoms with Crippen LogP contribution in [0.1, 0.15) is 36.0 Å². The Morgan fingerprint density at radius 2 is 1.85 bits per heavy atom. The Labute approximate surface area is 156 Å². The van der Waals surface area contributed by atoms with Crippen LogP contribution in [0.2, 0.25) is 0 Å². The van der Waals surface area contributed by atoms with Gasteiger partial charge in [0.1, 0.15) is 5.75 Å². The molecule has 0 atom stereocenters. The van der Waals surface area contributed by atoms with Crippen molar-refractivity contribution in [2.75, 3.05) is 47.4 Å². The number of rotatable bonds is 7. The van der Waals surface area contributed by atoms with Crippen molar-refractivity contribution in [2.24, 2.45) is 0 Å². The van der Waals surface area contributed by atoms with Gasteiger partial charge in [0.15, 0.2) is 0 Å². The molecule has 0 bridgehead atoms. The second-order valence-corrected chi connectivity index (χ2v) is 8.54. The second-order valence-electron chi connectivity index (χ2n) is 6.77. The van der Waals surface area contributed by atoms with Crippen LogP contribution in [0.3, 0.4) is 0 Å². The van der Waals surface area contributed by atoms with Crippen LogP contribution < -0.4 is 9.46 Å². The lowest BCUT2D eigenvalue weighted by Crippen LogP contribution is -2.33. The van der Waals surface area contributed by atoms with Crippen molar-refractivity contribution >= 4 is 15.9 Å². The van der Waals surface area contributed by atoms with Gasteiger partial charge in [-0.05, 0) is 45.1 Å². The summed E-state index contributed by atoms with van der Waals surface area (Å²) in [7, 11) is 1.56. The summed E-state index contributed by atoms with van der Waals surface area (Å²) in [5, 5.41) is 0. The Hall–Kier alpha value is -1.64. The van der Waals surface area contributed by atoms with Crippen molar-refractivity contribution in [3.8, 4) is 5.75 Å². The highest BCUT2D eigenvalue weighted by Gasteiger charge is 2.24. The number of benzene rings is 1. The Morgan fingerprint density at radius 1 is 1.19 bits per heavy atom. The van der Waals surface area contributed by atoms with Crippen LogP contribution in [-0.4, -0.2) is 71.5 Å². The van der Waals surface area contributed by atoms with E-state index < -0.39 is 10.0 Å². The van der Waals surface area contributed by atoms with Gasteiger partial charge in [-0.1, -0.05) is 12.8 Å². The summed E-state index contributed by atoms with van der Waals surface area (Å²) in [5.74, 6) is 0.223.